The first-order valence-corrected chi connectivity index (χ1v) is 7.11. The van der Waals surface area contributed by atoms with Crippen LogP contribution in [0.4, 0.5) is 0 Å². The summed E-state index contributed by atoms with van der Waals surface area (Å²) in [4.78, 5) is 4.71. The summed E-state index contributed by atoms with van der Waals surface area (Å²) in [5.74, 6) is 0. The van der Waals surface area contributed by atoms with Gasteiger partial charge in [-0.25, -0.2) is 4.98 Å². The van der Waals surface area contributed by atoms with Gasteiger partial charge < -0.3 is 5.32 Å². The molecule has 2 aromatic rings. The summed E-state index contributed by atoms with van der Waals surface area (Å²) in [6.45, 7) is 4.26. The van der Waals surface area contributed by atoms with Gasteiger partial charge >= 0.3 is 0 Å². The molecule has 1 N–H and O–H groups in total. The summed E-state index contributed by atoms with van der Waals surface area (Å²) in [7, 11) is 1.96. The van der Waals surface area contributed by atoms with Gasteiger partial charge in [0.2, 0.25) is 0 Å². The summed E-state index contributed by atoms with van der Waals surface area (Å²) in [6.07, 6.45) is 0. The third-order valence-electron chi connectivity index (χ3n) is 2.87. The molecule has 4 heteroatoms. The van der Waals surface area contributed by atoms with E-state index in [1.54, 1.807) is 11.3 Å². The van der Waals surface area contributed by atoms with Gasteiger partial charge in [-0.2, -0.15) is 0 Å². The Hall–Kier alpha value is -0.710. The number of hydrogen-bond acceptors (Lipinski definition) is 3. The van der Waals surface area contributed by atoms with Gasteiger partial charge in [0.1, 0.15) is 5.01 Å². The molecule has 0 fully saturated rings. The fourth-order valence-electron chi connectivity index (χ4n) is 1.45. The van der Waals surface area contributed by atoms with Crippen molar-refractivity contribution in [2.24, 2.45) is 0 Å². The average molecular weight is 311 g/mol. The van der Waals surface area contributed by atoms with Crippen molar-refractivity contribution in [3.8, 4) is 10.6 Å². The fraction of sp³-hybridized carbons (Fsp3) is 0.308. The van der Waals surface area contributed by atoms with Crippen molar-refractivity contribution in [2.75, 3.05) is 7.05 Å². The van der Waals surface area contributed by atoms with Crippen LogP contribution in [0, 0.1) is 0 Å². The highest BCUT2D eigenvalue weighted by Crippen LogP contribution is 2.32. The molecule has 0 saturated heterocycles. The van der Waals surface area contributed by atoms with Crippen molar-refractivity contribution in [1.82, 2.24) is 10.3 Å². The second-order valence-corrected chi connectivity index (χ2v) is 6.11. The Morgan fingerprint density at radius 2 is 2.00 bits per heavy atom. The van der Waals surface area contributed by atoms with Gasteiger partial charge in [0.25, 0.3) is 0 Å². The first-order chi connectivity index (χ1) is 8.04. The number of nitrogens with zero attached hydrogens (tertiary/aromatic N) is 1. The molecule has 90 valence electrons. The minimum absolute atomic E-state index is 0.0873. The van der Waals surface area contributed by atoms with Crippen molar-refractivity contribution in [2.45, 2.75) is 19.4 Å². The van der Waals surface area contributed by atoms with E-state index in [1.165, 1.54) is 0 Å². The predicted molar refractivity (Wildman–Crippen MR) is 77.3 cm³/mol. The molecule has 2 nitrogen and oxygen atoms in total. The van der Waals surface area contributed by atoms with Gasteiger partial charge in [-0.05, 0) is 27.0 Å². The maximum absolute atomic E-state index is 4.71. The monoisotopic (exact) mass is 310 g/mol. The Balaban J connectivity index is 2.40. The van der Waals surface area contributed by atoms with E-state index in [0.29, 0.717) is 0 Å². The van der Waals surface area contributed by atoms with Gasteiger partial charge in [-0.1, -0.05) is 34.1 Å². The molecule has 0 saturated carbocycles. The highest BCUT2D eigenvalue weighted by molar-refractivity contribution is 9.10. The topological polar surface area (TPSA) is 24.9 Å². The molecule has 0 radical (unpaired) electrons. The first kappa shape index (κ1) is 12.7. The highest BCUT2D eigenvalue weighted by atomic mass is 79.9. The van der Waals surface area contributed by atoms with E-state index in [0.717, 1.165) is 20.7 Å². The Labute approximate surface area is 114 Å². The quantitative estimate of drug-likeness (QED) is 0.926. The molecule has 0 aliphatic carbocycles. The average Bonchev–Trinajstić information content (AvgIpc) is 2.79. The summed E-state index contributed by atoms with van der Waals surface area (Å²) in [6, 6.07) is 8.17. The van der Waals surface area contributed by atoms with E-state index in [9.17, 15) is 0 Å². The van der Waals surface area contributed by atoms with Gasteiger partial charge in [-0.15, -0.1) is 11.3 Å². The smallest absolute Gasteiger partial charge is 0.124 e. The lowest BCUT2D eigenvalue weighted by molar-refractivity contribution is 0.434. The van der Waals surface area contributed by atoms with Crippen molar-refractivity contribution in [1.29, 1.82) is 0 Å². The van der Waals surface area contributed by atoms with Crippen molar-refractivity contribution >= 4 is 27.3 Å². The lowest BCUT2D eigenvalue weighted by Gasteiger charge is -2.21. The van der Waals surface area contributed by atoms with E-state index < -0.39 is 0 Å². The van der Waals surface area contributed by atoms with E-state index in [-0.39, 0.29) is 5.54 Å². The van der Waals surface area contributed by atoms with E-state index >= 15 is 0 Å². The summed E-state index contributed by atoms with van der Waals surface area (Å²) in [5.41, 5.74) is 2.14. The normalized spacial score (nSPS) is 11.8. The molecule has 2 rings (SSSR count). The second-order valence-electron chi connectivity index (χ2n) is 4.39. The fourth-order valence-corrected chi connectivity index (χ4v) is 3.08. The van der Waals surface area contributed by atoms with Gasteiger partial charge in [0.15, 0.2) is 0 Å². The van der Waals surface area contributed by atoms with Crippen molar-refractivity contribution in [3.05, 3.63) is 39.8 Å². The Morgan fingerprint density at radius 1 is 1.29 bits per heavy atom. The van der Waals surface area contributed by atoms with Crippen LogP contribution in [0.2, 0.25) is 0 Å². The zero-order valence-corrected chi connectivity index (χ0v) is 12.5. The largest absolute Gasteiger partial charge is 0.310 e. The number of rotatable bonds is 3. The van der Waals surface area contributed by atoms with Gasteiger partial charge in [0, 0.05) is 15.4 Å². The Kier molecular flexibility index (Phi) is 3.66. The van der Waals surface area contributed by atoms with E-state index in [4.69, 9.17) is 4.98 Å². The van der Waals surface area contributed by atoms with Crippen LogP contribution < -0.4 is 5.32 Å². The minimum Gasteiger partial charge on any atom is -0.310 e. The maximum Gasteiger partial charge on any atom is 0.124 e. The highest BCUT2D eigenvalue weighted by Gasteiger charge is 2.21. The molecule has 0 aliphatic rings. The molecule has 0 atom stereocenters. The van der Waals surface area contributed by atoms with Crippen LogP contribution in [0.15, 0.2) is 34.1 Å². The molecule has 1 heterocycles. The first-order valence-electron chi connectivity index (χ1n) is 5.44. The predicted octanol–water partition coefficient (Wildman–Crippen LogP) is 4.03. The molecule has 0 amide bonds. The maximum atomic E-state index is 4.71. The standard InChI is InChI=1S/C13H15BrN2S/c1-13(2,15-3)11-8-17-12(16-11)9-6-4-5-7-10(9)14/h4-8,15H,1-3H3. The lowest BCUT2D eigenvalue weighted by Crippen LogP contribution is -2.33. The van der Waals surface area contributed by atoms with Gasteiger partial charge in [0.05, 0.1) is 11.2 Å². The third-order valence-corrected chi connectivity index (χ3v) is 4.44. The van der Waals surface area contributed by atoms with E-state index in [2.05, 4.69) is 46.5 Å². The van der Waals surface area contributed by atoms with E-state index in [1.807, 2.05) is 25.2 Å². The zero-order valence-electron chi connectivity index (χ0n) is 10.1. The Bertz CT molecular complexity index is 520. The number of nitrogens with one attached hydrogen (secondary N) is 1. The summed E-state index contributed by atoms with van der Waals surface area (Å²) < 4.78 is 1.09. The number of benzene rings is 1. The molecule has 1 aromatic heterocycles. The number of hydrogen-bond donors (Lipinski definition) is 1. The minimum atomic E-state index is -0.0873. The van der Waals surface area contributed by atoms with Crippen LogP contribution in [0.5, 0.6) is 0 Å². The number of aromatic nitrogens is 1. The van der Waals surface area contributed by atoms with Gasteiger partial charge in [-0.3, -0.25) is 0 Å². The van der Waals surface area contributed by atoms with Crippen LogP contribution in [0.1, 0.15) is 19.5 Å². The molecule has 0 aliphatic heterocycles. The molecular formula is C13H15BrN2S. The second kappa shape index (κ2) is 4.88. The molecule has 1 aromatic carbocycles. The van der Waals surface area contributed by atoms with Crippen LogP contribution in [0.3, 0.4) is 0 Å². The van der Waals surface area contributed by atoms with Crippen LogP contribution in [-0.2, 0) is 5.54 Å². The SMILES string of the molecule is CNC(C)(C)c1csc(-c2ccccc2Br)n1. The number of halogens is 1. The van der Waals surface area contributed by atoms with Crippen molar-refractivity contribution < 1.29 is 0 Å². The number of thiazole rings is 1. The lowest BCUT2D eigenvalue weighted by atomic mass is 10.0. The van der Waals surface area contributed by atoms with Crippen LogP contribution in [0.25, 0.3) is 10.6 Å². The molecule has 0 bridgehead atoms. The summed E-state index contributed by atoms with van der Waals surface area (Å²) >= 11 is 5.24. The summed E-state index contributed by atoms with van der Waals surface area (Å²) in [5, 5.41) is 6.44. The molecule has 0 unspecified atom stereocenters. The van der Waals surface area contributed by atoms with Crippen LogP contribution in [-0.4, -0.2) is 12.0 Å². The molecule has 0 spiro atoms. The molecule has 17 heavy (non-hydrogen) atoms. The Morgan fingerprint density at radius 3 is 2.65 bits per heavy atom. The van der Waals surface area contributed by atoms with Crippen molar-refractivity contribution in [3.63, 3.8) is 0 Å². The third kappa shape index (κ3) is 2.59. The zero-order chi connectivity index (χ0) is 12.5. The van der Waals surface area contributed by atoms with Crippen LogP contribution >= 0.6 is 27.3 Å². The molecular weight excluding hydrogens is 296 g/mol.